The van der Waals surface area contributed by atoms with Crippen LogP contribution in [0.2, 0.25) is 0 Å². The van der Waals surface area contributed by atoms with Gasteiger partial charge >= 0.3 is 0 Å². The predicted molar refractivity (Wildman–Crippen MR) is 62.1 cm³/mol. The first-order valence-corrected chi connectivity index (χ1v) is 6.27. The second-order valence-electron chi connectivity index (χ2n) is 4.98. The number of fused-ring (bicyclic) bond motifs is 1. The summed E-state index contributed by atoms with van der Waals surface area (Å²) in [6, 6.07) is 0. The first-order valence-electron chi connectivity index (χ1n) is 6.27. The number of nitrogens with one attached hydrogen (secondary N) is 2. The Hall–Kier alpha value is -0.610. The van der Waals surface area contributed by atoms with Gasteiger partial charge in [0.05, 0.1) is 12.0 Å². The van der Waals surface area contributed by atoms with Crippen LogP contribution in [0, 0.1) is 11.3 Å². The largest absolute Gasteiger partial charge is 0.383 e. The monoisotopic (exact) mass is 226 g/mol. The molecule has 2 fully saturated rings. The molecule has 1 amide bonds. The van der Waals surface area contributed by atoms with Crippen molar-refractivity contribution in [2.75, 3.05) is 33.4 Å². The van der Waals surface area contributed by atoms with E-state index >= 15 is 0 Å². The molecule has 1 heterocycles. The van der Waals surface area contributed by atoms with E-state index < -0.39 is 0 Å². The van der Waals surface area contributed by atoms with E-state index in [1.165, 1.54) is 19.3 Å². The summed E-state index contributed by atoms with van der Waals surface area (Å²) in [4.78, 5) is 12.3. The minimum atomic E-state index is -0.119. The van der Waals surface area contributed by atoms with Gasteiger partial charge in [-0.3, -0.25) is 4.79 Å². The van der Waals surface area contributed by atoms with E-state index in [9.17, 15) is 4.79 Å². The van der Waals surface area contributed by atoms with Crippen LogP contribution in [0.4, 0.5) is 0 Å². The fraction of sp³-hybridized carbons (Fsp3) is 0.917. The van der Waals surface area contributed by atoms with Crippen molar-refractivity contribution in [3.63, 3.8) is 0 Å². The summed E-state index contributed by atoms with van der Waals surface area (Å²) >= 11 is 0. The van der Waals surface area contributed by atoms with Gasteiger partial charge in [-0.25, -0.2) is 0 Å². The zero-order valence-corrected chi connectivity index (χ0v) is 10.1. The molecular formula is C12H22N2O2. The van der Waals surface area contributed by atoms with E-state index in [0.717, 1.165) is 19.5 Å². The van der Waals surface area contributed by atoms with E-state index in [0.29, 0.717) is 19.1 Å². The topological polar surface area (TPSA) is 50.4 Å². The van der Waals surface area contributed by atoms with Crippen molar-refractivity contribution in [3.05, 3.63) is 0 Å². The molecule has 0 aromatic rings. The molecule has 92 valence electrons. The van der Waals surface area contributed by atoms with Gasteiger partial charge in [-0.2, -0.15) is 0 Å². The Morgan fingerprint density at radius 2 is 2.44 bits per heavy atom. The molecule has 4 nitrogen and oxygen atoms in total. The van der Waals surface area contributed by atoms with Gasteiger partial charge in [-0.1, -0.05) is 12.8 Å². The van der Waals surface area contributed by atoms with Crippen LogP contribution in [0.25, 0.3) is 0 Å². The van der Waals surface area contributed by atoms with Crippen LogP contribution in [0.3, 0.4) is 0 Å². The molecule has 1 aliphatic carbocycles. The number of hydrogen-bond donors (Lipinski definition) is 2. The lowest BCUT2D eigenvalue weighted by molar-refractivity contribution is -0.134. The van der Waals surface area contributed by atoms with Crippen LogP contribution in [0.5, 0.6) is 0 Å². The van der Waals surface area contributed by atoms with Gasteiger partial charge < -0.3 is 15.4 Å². The summed E-state index contributed by atoms with van der Waals surface area (Å²) in [7, 11) is 1.66. The van der Waals surface area contributed by atoms with E-state index in [-0.39, 0.29) is 11.3 Å². The molecular weight excluding hydrogens is 204 g/mol. The van der Waals surface area contributed by atoms with Gasteiger partial charge in [-0.05, 0) is 25.3 Å². The molecule has 2 N–H and O–H groups in total. The molecule has 2 aliphatic rings. The molecule has 2 rings (SSSR count). The second-order valence-corrected chi connectivity index (χ2v) is 4.98. The quantitative estimate of drug-likeness (QED) is 0.687. The van der Waals surface area contributed by atoms with Crippen molar-refractivity contribution in [1.82, 2.24) is 10.6 Å². The number of hydrogen-bond acceptors (Lipinski definition) is 3. The van der Waals surface area contributed by atoms with Crippen molar-refractivity contribution in [2.24, 2.45) is 11.3 Å². The summed E-state index contributed by atoms with van der Waals surface area (Å²) in [5.41, 5.74) is -0.119. The van der Waals surface area contributed by atoms with Crippen LogP contribution in [0.1, 0.15) is 25.7 Å². The molecule has 0 unspecified atom stereocenters. The number of methoxy groups -OCH3 is 1. The van der Waals surface area contributed by atoms with Crippen molar-refractivity contribution >= 4 is 5.91 Å². The highest BCUT2D eigenvalue weighted by Crippen LogP contribution is 2.43. The summed E-state index contributed by atoms with van der Waals surface area (Å²) in [6.45, 7) is 3.10. The highest BCUT2D eigenvalue weighted by atomic mass is 16.5. The zero-order chi connectivity index (χ0) is 11.4. The summed E-state index contributed by atoms with van der Waals surface area (Å²) in [6.07, 6.45) is 4.71. The average molecular weight is 226 g/mol. The minimum absolute atomic E-state index is 0.119. The Morgan fingerprint density at radius 1 is 1.56 bits per heavy atom. The molecule has 0 bridgehead atoms. The Kier molecular flexibility index (Phi) is 3.82. The van der Waals surface area contributed by atoms with E-state index in [1.807, 2.05) is 0 Å². The van der Waals surface area contributed by atoms with E-state index in [1.54, 1.807) is 7.11 Å². The maximum absolute atomic E-state index is 12.3. The Balaban J connectivity index is 1.96. The van der Waals surface area contributed by atoms with Crippen molar-refractivity contribution in [3.8, 4) is 0 Å². The zero-order valence-electron chi connectivity index (χ0n) is 10.1. The van der Waals surface area contributed by atoms with Crippen molar-refractivity contribution in [1.29, 1.82) is 0 Å². The SMILES string of the molecule is COCCNC(=O)[C@@]12CCCC[C@H]1CNC2. The van der Waals surface area contributed by atoms with Gasteiger partial charge in [0.15, 0.2) is 0 Å². The number of carbonyl (C=O) groups is 1. The average Bonchev–Trinajstić information content (AvgIpc) is 2.74. The van der Waals surface area contributed by atoms with Crippen LogP contribution in [0.15, 0.2) is 0 Å². The third kappa shape index (κ3) is 2.09. The van der Waals surface area contributed by atoms with Crippen LogP contribution in [-0.2, 0) is 9.53 Å². The Morgan fingerprint density at radius 3 is 3.25 bits per heavy atom. The molecule has 4 heteroatoms. The number of ether oxygens (including phenoxy) is 1. The highest BCUT2D eigenvalue weighted by Gasteiger charge is 2.49. The van der Waals surface area contributed by atoms with Gasteiger partial charge in [0.1, 0.15) is 0 Å². The van der Waals surface area contributed by atoms with Gasteiger partial charge in [0.2, 0.25) is 5.91 Å². The number of carbonyl (C=O) groups excluding carboxylic acids is 1. The maximum Gasteiger partial charge on any atom is 0.227 e. The third-order valence-corrected chi connectivity index (χ3v) is 4.08. The lowest BCUT2D eigenvalue weighted by Crippen LogP contribution is -2.48. The fourth-order valence-corrected chi connectivity index (χ4v) is 3.13. The lowest BCUT2D eigenvalue weighted by atomic mass is 9.67. The second kappa shape index (κ2) is 5.15. The van der Waals surface area contributed by atoms with E-state index in [4.69, 9.17) is 4.74 Å². The predicted octanol–water partition coefficient (Wildman–Crippen LogP) is 0.529. The summed E-state index contributed by atoms with van der Waals surface area (Å²) in [5, 5.41) is 6.40. The fourth-order valence-electron chi connectivity index (χ4n) is 3.13. The molecule has 0 radical (unpaired) electrons. The molecule has 16 heavy (non-hydrogen) atoms. The Labute approximate surface area is 97.1 Å². The first-order chi connectivity index (χ1) is 7.79. The smallest absolute Gasteiger partial charge is 0.227 e. The molecule has 2 atom stereocenters. The van der Waals surface area contributed by atoms with E-state index in [2.05, 4.69) is 10.6 Å². The summed E-state index contributed by atoms with van der Waals surface area (Å²) in [5.74, 6) is 0.781. The minimum Gasteiger partial charge on any atom is -0.383 e. The molecule has 1 saturated heterocycles. The Bertz CT molecular complexity index is 257. The molecule has 0 aromatic carbocycles. The molecule has 0 aromatic heterocycles. The van der Waals surface area contributed by atoms with Gasteiger partial charge in [0.25, 0.3) is 0 Å². The lowest BCUT2D eigenvalue weighted by Gasteiger charge is -2.37. The highest BCUT2D eigenvalue weighted by molar-refractivity contribution is 5.83. The first kappa shape index (κ1) is 11.9. The third-order valence-electron chi connectivity index (χ3n) is 4.08. The summed E-state index contributed by atoms with van der Waals surface area (Å²) < 4.78 is 4.96. The molecule has 0 spiro atoms. The number of rotatable bonds is 4. The van der Waals surface area contributed by atoms with Crippen LogP contribution >= 0.6 is 0 Å². The van der Waals surface area contributed by atoms with Gasteiger partial charge in [0, 0.05) is 20.2 Å². The van der Waals surface area contributed by atoms with Crippen LogP contribution in [-0.4, -0.2) is 39.3 Å². The van der Waals surface area contributed by atoms with Crippen molar-refractivity contribution in [2.45, 2.75) is 25.7 Å². The molecule has 1 aliphatic heterocycles. The van der Waals surface area contributed by atoms with Crippen LogP contribution < -0.4 is 10.6 Å². The van der Waals surface area contributed by atoms with Gasteiger partial charge in [-0.15, -0.1) is 0 Å². The molecule has 1 saturated carbocycles. The number of amides is 1. The maximum atomic E-state index is 12.3. The normalized spacial score (nSPS) is 33.4. The van der Waals surface area contributed by atoms with Crippen molar-refractivity contribution < 1.29 is 9.53 Å². The standard InChI is InChI=1S/C12H22N2O2/c1-16-7-6-14-11(15)12-5-3-2-4-10(12)8-13-9-12/h10,13H,2-9H2,1H3,(H,14,15)/t10-,12+/m0/s1.